The minimum absolute atomic E-state index is 0.0324. The predicted octanol–water partition coefficient (Wildman–Crippen LogP) is 1.05. The number of nitrogens with two attached hydrogens (primary N) is 1. The molecule has 2 aromatic carbocycles. The lowest BCUT2D eigenvalue weighted by molar-refractivity contribution is 0.0691. The molecule has 0 spiro atoms. The van der Waals surface area contributed by atoms with Crippen molar-refractivity contribution >= 4 is 23.7 Å². The second-order valence-corrected chi connectivity index (χ2v) is 4.54. The molecule has 0 radical (unpaired) electrons. The van der Waals surface area contributed by atoms with E-state index in [1.165, 1.54) is 18.2 Å². The molecule has 0 aliphatic carbocycles. The summed E-state index contributed by atoms with van der Waals surface area (Å²) in [7, 11) is 0. The Morgan fingerprint density at radius 1 is 0.826 bits per heavy atom. The molecular formula is C16H12N2O5. The van der Waals surface area contributed by atoms with Crippen molar-refractivity contribution in [2.75, 3.05) is 0 Å². The van der Waals surface area contributed by atoms with Crippen molar-refractivity contribution in [3.8, 4) is 0 Å². The Morgan fingerprint density at radius 3 is 1.65 bits per heavy atom. The van der Waals surface area contributed by atoms with Gasteiger partial charge >= 0.3 is 5.97 Å². The van der Waals surface area contributed by atoms with Gasteiger partial charge in [0.2, 0.25) is 5.91 Å². The Hall–Kier alpha value is -3.48. The van der Waals surface area contributed by atoms with Crippen LogP contribution in [0.4, 0.5) is 0 Å². The van der Waals surface area contributed by atoms with E-state index < -0.39 is 11.9 Å². The maximum Gasteiger partial charge on any atom is 0.336 e. The molecule has 1 aliphatic rings. The van der Waals surface area contributed by atoms with E-state index in [-0.39, 0.29) is 22.9 Å². The number of carbonyl (C=O) groups is 4. The van der Waals surface area contributed by atoms with Crippen LogP contribution in [0, 0.1) is 0 Å². The third kappa shape index (κ3) is 3.41. The van der Waals surface area contributed by atoms with Gasteiger partial charge in [0.05, 0.1) is 22.3 Å². The number of benzene rings is 2. The molecule has 7 heteroatoms. The van der Waals surface area contributed by atoms with Gasteiger partial charge in [0.15, 0.2) is 0 Å². The maximum atomic E-state index is 10.9. The van der Waals surface area contributed by atoms with Gasteiger partial charge in [0.25, 0.3) is 11.8 Å². The molecule has 116 valence electrons. The van der Waals surface area contributed by atoms with Crippen LogP contribution in [0.15, 0.2) is 48.5 Å². The summed E-state index contributed by atoms with van der Waals surface area (Å²) in [5.41, 5.74) is 5.86. The van der Waals surface area contributed by atoms with Crippen molar-refractivity contribution in [1.29, 1.82) is 0 Å². The van der Waals surface area contributed by atoms with Crippen LogP contribution in [-0.4, -0.2) is 28.8 Å². The molecule has 1 aliphatic heterocycles. The van der Waals surface area contributed by atoms with Crippen LogP contribution >= 0.6 is 0 Å². The fraction of sp³-hybridized carbons (Fsp3) is 0. The second-order valence-electron chi connectivity index (χ2n) is 4.54. The van der Waals surface area contributed by atoms with Gasteiger partial charge in [-0.1, -0.05) is 24.3 Å². The molecule has 3 amide bonds. The number of fused-ring (bicyclic) bond motifs is 1. The smallest absolute Gasteiger partial charge is 0.336 e. The first-order valence-electron chi connectivity index (χ1n) is 6.48. The molecule has 0 atom stereocenters. The molecule has 4 N–H and O–H groups in total. The highest BCUT2D eigenvalue weighted by atomic mass is 16.4. The summed E-state index contributed by atoms with van der Waals surface area (Å²) in [6, 6.07) is 12.6. The first kappa shape index (κ1) is 15.9. The Bertz CT molecular complexity index is 748. The van der Waals surface area contributed by atoms with Crippen molar-refractivity contribution in [3.63, 3.8) is 0 Å². The number of nitrogens with one attached hydrogen (secondary N) is 1. The molecule has 0 bridgehead atoms. The molecule has 0 saturated carbocycles. The predicted molar refractivity (Wildman–Crippen MR) is 80.2 cm³/mol. The number of carbonyl (C=O) groups excluding carboxylic acids is 3. The molecule has 0 unspecified atom stereocenters. The largest absolute Gasteiger partial charge is 0.478 e. The van der Waals surface area contributed by atoms with Crippen LogP contribution in [0.2, 0.25) is 0 Å². The normalized spacial score (nSPS) is 11.8. The van der Waals surface area contributed by atoms with Gasteiger partial charge in [-0.2, -0.15) is 0 Å². The summed E-state index contributed by atoms with van der Waals surface area (Å²) in [4.78, 5) is 43.1. The molecule has 1 heterocycles. The summed E-state index contributed by atoms with van der Waals surface area (Å²) in [5, 5.41) is 10.8. The lowest BCUT2D eigenvalue weighted by atomic mass is 10.1. The topological polar surface area (TPSA) is 127 Å². The van der Waals surface area contributed by atoms with Crippen molar-refractivity contribution in [2.45, 2.75) is 0 Å². The summed E-state index contributed by atoms with van der Waals surface area (Å²) in [6.45, 7) is 0. The molecule has 3 rings (SSSR count). The Morgan fingerprint density at radius 2 is 1.26 bits per heavy atom. The second kappa shape index (κ2) is 6.52. The molecular weight excluding hydrogens is 300 g/mol. The van der Waals surface area contributed by atoms with Crippen molar-refractivity contribution in [2.24, 2.45) is 5.73 Å². The van der Waals surface area contributed by atoms with E-state index in [0.717, 1.165) is 0 Å². The van der Waals surface area contributed by atoms with E-state index >= 15 is 0 Å². The highest BCUT2D eigenvalue weighted by Crippen LogP contribution is 2.13. The van der Waals surface area contributed by atoms with E-state index in [0.29, 0.717) is 11.1 Å². The van der Waals surface area contributed by atoms with Crippen LogP contribution in [0.25, 0.3) is 0 Å². The number of hydrogen-bond acceptors (Lipinski definition) is 4. The molecule has 0 aromatic heterocycles. The molecule has 7 nitrogen and oxygen atoms in total. The third-order valence-electron chi connectivity index (χ3n) is 3.07. The summed E-state index contributed by atoms with van der Waals surface area (Å²) < 4.78 is 0. The van der Waals surface area contributed by atoms with E-state index in [4.69, 9.17) is 10.8 Å². The van der Waals surface area contributed by atoms with Crippen LogP contribution < -0.4 is 11.1 Å². The summed E-state index contributed by atoms with van der Waals surface area (Å²) in [6.07, 6.45) is 0. The van der Waals surface area contributed by atoms with Crippen molar-refractivity contribution in [1.82, 2.24) is 5.32 Å². The first-order chi connectivity index (χ1) is 10.9. The SMILES string of the molecule is NC(=O)c1ccccc1C(=O)O.O=C1NC(=O)c2ccccc21. The minimum Gasteiger partial charge on any atom is -0.478 e. The number of hydrogen-bond donors (Lipinski definition) is 3. The lowest BCUT2D eigenvalue weighted by Gasteiger charge is -1.99. The van der Waals surface area contributed by atoms with Gasteiger partial charge in [-0.05, 0) is 24.3 Å². The van der Waals surface area contributed by atoms with E-state index in [1.807, 2.05) is 0 Å². The summed E-state index contributed by atoms with van der Waals surface area (Å²) in [5.74, 6) is -2.48. The third-order valence-corrected chi connectivity index (χ3v) is 3.07. The number of carboxylic acid groups (broad SMARTS) is 1. The molecule has 2 aromatic rings. The van der Waals surface area contributed by atoms with Crippen molar-refractivity contribution < 1.29 is 24.3 Å². The van der Waals surface area contributed by atoms with Crippen LogP contribution in [0.1, 0.15) is 41.4 Å². The average molecular weight is 312 g/mol. The average Bonchev–Trinajstić information content (AvgIpc) is 2.83. The molecule has 0 saturated heterocycles. The number of imide groups is 1. The standard InChI is InChI=1S/C8H7NO3.C8H5NO2/c9-7(10)5-3-1-2-4-6(5)8(11)12;10-7-5-3-1-2-4-6(5)8(11)9-7/h1-4H,(H2,9,10)(H,11,12);1-4H,(H,9,10,11). The fourth-order valence-corrected chi connectivity index (χ4v) is 2.00. The Balaban J connectivity index is 0.000000167. The quantitative estimate of drug-likeness (QED) is 0.714. The number of amides is 3. The minimum atomic E-state index is -1.15. The zero-order valence-electron chi connectivity index (χ0n) is 11.8. The molecule has 0 fully saturated rings. The highest BCUT2D eigenvalue weighted by Gasteiger charge is 2.25. The lowest BCUT2D eigenvalue weighted by Crippen LogP contribution is -2.19. The van der Waals surface area contributed by atoms with Crippen LogP contribution in [0.5, 0.6) is 0 Å². The zero-order valence-corrected chi connectivity index (χ0v) is 11.8. The van der Waals surface area contributed by atoms with Gasteiger partial charge in [-0.3, -0.25) is 19.7 Å². The van der Waals surface area contributed by atoms with Gasteiger partial charge in [-0.15, -0.1) is 0 Å². The van der Waals surface area contributed by atoms with E-state index in [1.54, 1.807) is 30.3 Å². The van der Waals surface area contributed by atoms with Crippen LogP contribution in [0.3, 0.4) is 0 Å². The van der Waals surface area contributed by atoms with Gasteiger partial charge in [0.1, 0.15) is 0 Å². The van der Waals surface area contributed by atoms with E-state index in [9.17, 15) is 19.2 Å². The van der Waals surface area contributed by atoms with E-state index in [2.05, 4.69) is 5.32 Å². The van der Waals surface area contributed by atoms with Crippen molar-refractivity contribution in [3.05, 3.63) is 70.8 Å². The zero-order chi connectivity index (χ0) is 17.0. The number of primary amides is 1. The monoisotopic (exact) mass is 312 g/mol. The number of rotatable bonds is 2. The summed E-state index contributed by atoms with van der Waals surface area (Å²) >= 11 is 0. The first-order valence-corrected chi connectivity index (χ1v) is 6.48. The number of carboxylic acids is 1. The highest BCUT2D eigenvalue weighted by molar-refractivity contribution is 6.21. The van der Waals surface area contributed by atoms with Gasteiger partial charge < -0.3 is 10.8 Å². The van der Waals surface area contributed by atoms with Gasteiger partial charge in [-0.25, -0.2) is 4.79 Å². The van der Waals surface area contributed by atoms with Gasteiger partial charge in [0, 0.05) is 0 Å². The number of aromatic carboxylic acids is 1. The Labute approximate surface area is 130 Å². The maximum absolute atomic E-state index is 10.9. The van der Waals surface area contributed by atoms with Crippen LogP contribution in [-0.2, 0) is 0 Å². The molecule has 23 heavy (non-hydrogen) atoms. The Kier molecular flexibility index (Phi) is 4.51. The fourth-order valence-electron chi connectivity index (χ4n) is 2.00.